The monoisotopic (exact) mass is 433 g/mol. The number of sulfonamides is 1. The van der Waals surface area contributed by atoms with Crippen LogP contribution in [0.1, 0.15) is 0 Å². The molecular weight excluding hydrogens is 413 g/mol. The average Bonchev–Trinajstić information content (AvgIpc) is 2.75. The molecule has 0 aliphatic heterocycles. The van der Waals surface area contributed by atoms with E-state index in [1.54, 1.807) is 37.4 Å². The molecule has 0 atom stereocenters. The summed E-state index contributed by atoms with van der Waals surface area (Å²) in [5.41, 5.74) is 0.941. The first-order valence-corrected chi connectivity index (χ1v) is 10.4. The highest BCUT2D eigenvalue weighted by Crippen LogP contribution is 2.24. The highest BCUT2D eigenvalue weighted by molar-refractivity contribution is 7.89. The highest BCUT2D eigenvalue weighted by Gasteiger charge is 2.20. The largest absolute Gasteiger partial charge is 0.497 e. The van der Waals surface area contributed by atoms with E-state index in [9.17, 15) is 17.6 Å². The molecule has 8 nitrogen and oxygen atoms in total. The van der Waals surface area contributed by atoms with Crippen LogP contribution < -0.4 is 19.8 Å². The van der Waals surface area contributed by atoms with E-state index in [-0.39, 0.29) is 29.3 Å². The van der Waals surface area contributed by atoms with Gasteiger partial charge in [-0.15, -0.1) is 0 Å². The first kappa shape index (κ1) is 21.5. The van der Waals surface area contributed by atoms with Crippen molar-refractivity contribution in [1.82, 2.24) is 14.5 Å². The van der Waals surface area contributed by atoms with Gasteiger partial charge in [0.25, 0.3) is 5.56 Å². The topological polar surface area (TPSA) is 99.5 Å². The van der Waals surface area contributed by atoms with E-state index in [1.807, 2.05) is 0 Å². The number of methoxy groups -OCH3 is 2. The van der Waals surface area contributed by atoms with Gasteiger partial charge in [-0.25, -0.2) is 22.2 Å². The fourth-order valence-corrected chi connectivity index (χ4v) is 3.95. The lowest BCUT2D eigenvalue weighted by Crippen LogP contribution is -2.32. The second kappa shape index (κ2) is 9.06. The Labute approximate surface area is 172 Å². The molecular formula is C20H20FN3O5S. The highest BCUT2D eigenvalue weighted by atomic mass is 32.2. The molecule has 0 unspecified atom stereocenters. The van der Waals surface area contributed by atoms with Crippen molar-refractivity contribution in [2.75, 3.05) is 20.8 Å². The smallest absolute Gasteiger partial charge is 0.266 e. The zero-order valence-electron chi connectivity index (χ0n) is 16.3. The van der Waals surface area contributed by atoms with Crippen molar-refractivity contribution in [3.63, 3.8) is 0 Å². The zero-order chi connectivity index (χ0) is 21.7. The summed E-state index contributed by atoms with van der Waals surface area (Å²) in [6.07, 6.45) is 0. The maximum Gasteiger partial charge on any atom is 0.266 e. The number of hydrogen-bond acceptors (Lipinski definition) is 6. The predicted molar refractivity (Wildman–Crippen MR) is 109 cm³/mol. The fourth-order valence-electron chi connectivity index (χ4n) is 2.75. The minimum atomic E-state index is -4.05. The summed E-state index contributed by atoms with van der Waals surface area (Å²) in [4.78, 5) is 11.8. The number of aromatic nitrogens is 2. The lowest BCUT2D eigenvalue weighted by Gasteiger charge is -2.12. The van der Waals surface area contributed by atoms with E-state index in [0.29, 0.717) is 11.4 Å². The van der Waals surface area contributed by atoms with E-state index in [0.717, 1.165) is 22.4 Å². The molecule has 0 aliphatic rings. The Balaban J connectivity index is 1.76. The predicted octanol–water partition coefficient (Wildman–Crippen LogP) is 2.05. The Kier molecular flexibility index (Phi) is 6.48. The van der Waals surface area contributed by atoms with Crippen LogP contribution in [0, 0.1) is 5.82 Å². The summed E-state index contributed by atoms with van der Waals surface area (Å²) < 4.78 is 52.1. The second-order valence-corrected chi connectivity index (χ2v) is 7.94. The molecule has 0 spiro atoms. The van der Waals surface area contributed by atoms with Crippen LogP contribution in [-0.4, -0.2) is 39.0 Å². The summed E-state index contributed by atoms with van der Waals surface area (Å²) in [7, 11) is -1.20. The third-order valence-corrected chi connectivity index (χ3v) is 5.77. The summed E-state index contributed by atoms with van der Waals surface area (Å²) in [6, 6.07) is 13.3. The first-order chi connectivity index (χ1) is 14.3. The van der Waals surface area contributed by atoms with Gasteiger partial charge in [0.1, 0.15) is 22.2 Å². The number of nitrogens with zero attached hydrogens (tertiary/aromatic N) is 2. The molecule has 158 valence electrons. The number of halogens is 1. The van der Waals surface area contributed by atoms with Crippen molar-refractivity contribution in [2.24, 2.45) is 0 Å². The second-order valence-electron chi connectivity index (χ2n) is 6.20. The normalized spacial score (nSPS) is 11.3. The van der Waals surface area contributed by atoms with Crippen molar-refractivity contribution in [3.8, 4) is 22.8 Å². The molecule has 10 heteroatoms. The van der Waals surface area contributed by atoms with Crippen LogP contribution in [0.3, 0.4) is 0 Å². The SMILES string of the molecule is COc1ccc(-c2ccc(=O)n(CCNS(=O)(=O)c3cc(F)ccc3OC)n2)cc1. The van der Waals surface area contributed by atoms with Gasteiger partial charge in [0, 0.05) is 18.2 Å². The van der Waals surface area contributed by atoms with E-state index >= 15 is 0 Å². The molecule has 0 amide bonds. The molecule has 0 radical (unpaired) electrons. The Morgan fingerprint density at radius 3 is 2.43 bits per heavy atom. The number of nitrogens with one attached hydrogen (secondary N) is 1. The van der Waals surface area contributed by atoms with Crippen molar-refractivity contribution < 1.29 is 22.3 Å². The molecule has 2 aromatic carbocycles. The molecule has 0 aliphatic carbocycles. The Morgan fingerprint density at radius 2 is 1.77 bits per heavy atom. The zero-order valence-corrected chi connectivity index (χ0v) is 17.1. The molecule has 0 fully saturated rings. The number of hydrogen-bond donors (Lipinski definition) is 1. The summed E-state index contributed by atoms with van der Waals surface area (Å²) in [5.74, 6) is -0.00351. The number of ether oxygens (including phenoxy) is 2. The quantitative estimate of drug-likeness (QED) is 0.584. The van der Waals surface area contributed by atoms with Crippen LogP contribution in [0.25, 0.3) is 11.3 Å². The lowest BCUT2D eigenvalue weighted by molar-refractivity contribution is 0.400. The minimum absolute atomic E-state index is 0.0142. The van der Waals surface area contributed by atoms with E-state index in [2.05, 4.69) is 9.82 Å². The summed E-state index contributed by atoms with van der Waals surface area (Å²) >= 11 is 0. The average molecular weight is 433 g/mol. The summed E-state index contributed by atoms with van der Waals surface area (Å²) in [5, 5.41) is 4.28. The van der Waals surface area contributed by atoms with Crippen molar-refractivity contribution in [3.05, 3.63) is 70.8 Å². The van der Waals surface area contributed by atoms with Gasteiger partial charge in [0.2, 0.25) is 10.0 Å². The maximum absolute atomic E-state index is 13.5. The van der Waals surface area contributed by atoms with Crippen LogP contribution >= 0.6 is 0 Å². The van der Waals surface area contributed by atoms with Gasteiger partial charge in [-0.3, -0.25) is 4.79 Å². The van der Waals surface area contributed by atoms with Gasteiger partial charge in [-0.05, 0) is 48.5 Å². The van der Waals surface area contributed by atoms with Gasteiger partial charge in [-0.2, -0.15) is 5.10 Å². The molecule has 3 rings (SSSR count). The van der Waals surface area contributed by atoms with Gasteiger partial charge in [0.05, 0.1) is 26.5 Å². The molecule has 0 saturated heterocycles. The van der Waals surface area contributed by atoms with Gasteiger partial charge >= 0.3 is 0 Å². The number of benzene rings is 2. The van der Waals surface area contributed by atoms with E-state index in [4.69, 9.17) is 9.47 Å². The van der Waals surface area contributed by atoms with Crippen LogP contribution in [-0.2, 0) is 16.6 Å². The van der Waals surface area contributed by atoms with Crippen molar-refractivity contribution in [1.29, 1.82) is 0 Å². The van der Waals surface area contributed by atoms with Gasteiger partial charge in [-0.1, -0.05) is 0 Å². The van der Waals surface area contributed by atoms with E-state index < -0.39 is 15.8 Å². The van der Waals surface area contributed by atoms with Gasteiger partial charge in [0.15, 0.2) is 0 Å². The molecule has 30 heavy (non-hydrogen) atoms. The van der Waals surface area contributed by atoms with Crippen molar-refractivity contribution in [2.45, 2.75) is 11.4 Å². The van der Waals surface area contributed by atoms with Crippen molar-refractivity contribution >= 4 is 10.0 Å². The Bertz CT molecular complexity index is 1190. The van der Waals surface area contributed by atoms with Crippen LogP contribution in [0.5, 0.6) is 11.5 Å². The Hall–Kier alpha value is -3.24. The molecule has 3 aromatic rings. The van der Waals surface area contributed by atoms with Crippen LogP contribution in [0.2, 0.25) is 0 Å². The fraction of sp³-hybridized carbons (Fsp3) is 0.200. The molecule has 1 aromatic heterocycles. The maximum atomic E-state index is 13.5. The third-order valence-electron chi connectivity index (χ3n) is 4.28. The Morgan fingerprint density at radius 1 is 1.03 bits per heavy atom. The lowest BCUT2D eigenvalue weighted by atomic mass is 10.1. The van der Waals surface area contributed by atoms with Crippen LogP contribution in [0.4, 0.5) is 4.39 Å². The van der Waals surface area contributed by atoms with E-state index in [1.165, 1.54) is 19.2 Å². The molecule has 1 heterocycles. The number of rotatable bonds is 8. The minimum Gasteiger partial charge on any atom is -0.497 e. The molecule has 1 N–H and O–H groups in total. The molecule has 0 bridgehead atoms. The molecule has 0 saturated carbocycles. The third kappa shape index (κ3) is 4.84. The summed E-state index contributed by atoms with van der Waals surface area (Å²) in [6.45, 7) is -0.138. The van der Waals surface area contributed by atoms with Gasteiger partial charge < -0.3 is 9.47 Å². The standard InChI is InChI=1S/C20H20FN3O5S/c1-28-16-6-3-14(4-7-16)17-8-10-20(25)24(23-17)12-11-22-30(26,27)19-13-15(21)5-9-18(19)29-2/h3-10,13,22H,11-12H2,1-2H3. The van der Waals surface area contributed by atoms with Crippen LogP contribution in [0.15, 0.2) is 64.3 Å². The first-order valence-electron chi connectivity index (χ1n) is 8.90.